The van der Waals surface area contributed by atoms with Crippen molar-refractivity contribution in [2.45, 2.75) is 17.1 Å². The topological polar surface area (TPSA) is 34.1 Å². The summed E-state index contributed by atoms with van der Waals surface area (Å²) >= 11 is 0. The van der Waals surface area contributed by atoms with E-state index in [1.807, 2.05) is 49.4 Å². The summed E-state index contributed by atoms with van der Waals surface area (Å²) in [5.74, 6) is 0.161. The minimum atomic E-state index is -1.46. The quantitative estimate of drug-likeness (QED) is 0.788. The van der Waals surface area contributed by atoms with Crippen molar-refractivity contribution in [3.05, 3.63) is 54.6 Å². The van der Waals surface area contributed by atoms with Crippen molar-refractivity contribution in [2.75, 3.05) is 0 Å². The Morgan fingerprint density at radius 2 is 1.65 bits per heavy atom. The van der Waals surface area contributed by atoms with Gasteiger partial charge in [-0.3, -0.25) is 0 Å². The van der Waals surface area contributed by atoms with Crippen molar-refractivity contribution in [1.82, 2.24) is 0 Å². The monoisotopic (exact) mass is 266 g/mol. The molecule has 1 aliphatic carbocycles. The molecule has 4 heteroatoms. The number of allylic oxidation sites excluding steroid dienone is 3. The molecule has 0 heterocycles. The zero-order valence-corrected chi connectivity index (χ0v) is 11.1. The van der Waals surface area contributed by atoms with E-state index in [2.05, 4.69) is 0 Å². The predicted molar refractivity (Wildman–Crippen MR) is 72.2 cm³/mol. The van der Waals surface area contributed by atoms with Crippen LogP contribution in [0.1, 0.15) is 6.92 Å². The molecular weight excluding hydrogens is 252 g/mol. The van der Waals surface area contributed by atoms with Gasteiger partial charge in [-0.25, -0.2) is 8.42 Å². The van der Waals surface area contributed by atoms with Gasteiger partial charge in [0.25, 0.3) is 0 Å². The Hall–Kier alpha value is -1.00. The average molecular weight is 266 g/mol. The van der Waals surface area contributed by atoms with E-state index in [1.54, 1.807) is 12.1 Å². The van der Waals surface area contributed by atoms with E-state index in [0.717, 1.165) is 0 Å². The molecule has 0 spiro atoms. The number of rotatable bonds is 3. The van der Waals surface area contributed by atoms with E-state index >= 15 is 0 Å². The third-order valence-electron chi connectivity index (χ3n) is 2.65. The first kappa shape index (κ1) is 12.5. The molecule has 0 bridgehead atoms. The Kier molecular flexibility index (Phi) is 4.07. The molecule has 3 unspecified atom stereocenters. The maximum absolute atomic E-state index is 12.2. The number of hydrogen-bond acceptors (Lipinski definition) is 2. The smallest absolute Gasteiger partial charge is 0.143 e. The summed E-state index contributed by atoms with van der Waals surface area (Å²) in [6, 6.07) is 8.98. The fourth-order valence-electron chi connectivity index (χ4n) is 1.66. The van der Waals surface area contributed by atoms with Gasteiger partial charge in [0, 0.05) is 0 Å². The van der Waals surface area contributed by atoms with Crippen LogP contribution < -0.4 is 0 Å². The van der Waals surface area contributed by atoms with E-state index in [1.165, 1.54) is 0 Å². The highest BCUT2D eigenvalue weighted by molar-refractivity contribution is 8.61. The van der Waals surface area contributed by atoms with Gasteiger partial charge in [0.15, 0.2) is 0 Å². The largest absolute Gasteiger partial charge is 0.244 e. The van der Waals surface area contributed by atoms with Crippen LogP contribution in [-0.2, 0) is 19.7 Å². The van der Waals surface area contributed by atoms with Gasteiger partial charge in [-0.05, 0) is 18.1 Å². The molecule has 17 heavy (non-hydrogen) atoms. The lowest BCUT2D eigenvalue weighted by atomic mass is 10.0. The normalized spacial score (nSPS) is 26.6. The van der Waals surface area contributed by atoms with Crippen LogP contribution in [0.25, 0.3) is 0 Å². The SMILES string of the molecule is C[C@H]1C=CC=CC1S(=O)S(=O)c1ccccc1. The van der Waals surface area contributed by atoms with Crippen LogP contribution in [0.5, 0.6) is 0 Å². The fourth-order valence-corrected chi connectivity index (χ4v) is 5.32. The zero-order chi connectivity index (χ0) is 12.3. The summed E-state index contributed by atoms with van der Waals surface area (Å²) in [5.41, 5.74) is 0. The van der Waals surface area contributed by atoms with E-state index in [4.69, 9.17) is 0 Å². The lowest BCUT2D eigenvalue weighted by molar-refractivity contribution is 0.658. The standard InChI is InChI=1S/C13H14O2S2/c1-11-7-5-6-10-13(11)17(15)16(14)12-8-3-2-4-9-12/h2-11,13H,1H3/t11-,13?,16?,17?/m0/s1. The highest BCUT2D eigenvalue weighted by atomic mass is 33.1. The van der Waals surface area contributed by atoms with E-state index in [-0.39, 0.29) is 11.2 Å². The van der Waals surface area contributed by atoms with Crippen molar-refractivity contribution in [3.63, 3.8) is 0 Å². The molecular formula is C13H14O2S2. The van der Waals surface area contributed by atoms with Crippen LogP contribution in [0.4, 0.5) is 0 Å². The predicted octanol–water partition coefficient (Wildman–Crippen LogP) is 2.59. The third-order valence-corrected chi connectivity index (χ3v) is 6.78. The van der Waals surface area contributed by atoms with Crippen molar-refractivity contribution in [2.24, 2.45) is 5.92 Å². The van der Waals surface area contributed by atoms with Gasteiger partial charge in [-0.15, -0.1) is 0 Å². The summed E-state index contributed by atoms with van der Waals surface area (Å²) in [6.45, 7) is 1.99. The van der Waals surface area contributed by atoms with Gasteiger partial charge in [0.2, 0.25) is 0 Å². The molecule has 0 saturated heterocycles. The summed E-state index contributed by atoms with van der Waals surface area (Å²) in [7, 11) is -2.86. The second-order valence-electron chi connectivity index (χ2n) is 3.90. The molecule has 1 aliphatic rings. The van der Waals surface area contributed by atoms with Crippen LogP contribution in [0.15, 0.2) is 59.5 Å². The molecule has 2 rings (SSSR count). The maximum Gasteiger partial charge on any atom is 0.143 e. The summed E-state index contributed by atoms with van der Waals surface area (Å²) in [5, 5.41) is -0.166. The van der Waals surface area contributed by atoms with Gasteiger partial charge in [0.05, 0.1) is 10.1 Å². The first-order chi connectivity index (χ1) is 8.20. The Balaban J connectivity index is 2.19. The van der Waals surface area contributed by atoms with E-state index in [9.17, 15) is 8.42 Å². The first-order valence-corrected chi connectivity index (χ1v) is 8.31. The van der Waals surface area contributed by atoms with Crippen LogP contribution in [0, 0.1) is 5.92 Å². The van der Waals surface area contributed by atoms with Crippen LogP contribution >= 0.6 is 0 Å². The van der Waals surface area contributed by atoms with E-state index in [0.29, 0.717) is 4.90 Å². The van der Waals surface area contributed by atoms with Crippen LogP contribution in [0.2, 0.25) is 0 Å². The average Bonchev–Trinajstić information content (AvgIpc) is 2.39. The molecule has 90 valence electrons. The van der Waals surface area contributed by atoms with E-state index < -0.39 is 19.7 Å². The molecule has 0 fully saturated rings. The number of hydrogen-bond donors (Lipinski definition) is 0. The van der Waals surface area contributed by atoms with Gasteiger partial charge in [-0.1, -0.05) is 49.4 Å². The van der Waals surface area contributed by atoms with Crippen molar-refractivity contribution in [1.29, 1.82) is 0 Å². The van der Waals surface area contributed by atoms with Crippen molar-refractivity contribution < 1.29 is 8.42 Å². The third kappa shape index (κ3) is 2.82. The van der Waals surface area contributed by atoms with Gasteiger partial charge in [-0.2, -0.15) is 0 Å². The minimum absolute atomic E-state index is 0.161. The first-order valence-electron chi connectivity index (χ1n) is 5.43. The minimum Gasteiger partial charge on any atom is -0.244 e. The Morgan fingerprint density at radius 3 is 2.29 bits per heavy atom. The number of benzene rings is 1. The van der Waals surface area contributed by atoms with Crippen molar-refractivity contribution in [3.8, 4) is 0 Å². The molecule has 1 aromatic rings. The Morgan fingerprint density at radius 1 is 1.00 bits per heavy atom. The van der Waals surface area contributed by atoms with Gasteiger partial charge >= 0.3 is 0 Å². The summed E-state index contributed by atoms with van der Waals surface area (Å²) in [4.78, 5) is 0.626. The van der Waals surface area contributed by atoms with Gasteiger partial charge < -0.3 is 0 Å². The molecule has 0 radical (unpaired) electrons. The molecule has 0 aliphatic heterocycles. The second kappa shape index (κ2) is 5.56. The molecule has 0 aromatic heterocycles. The lowest BCUT2D eigenvalue weighted by Crippen LogP contribution is -2.24. The molecule has 4 atom stereocenters. The molecule has 1 aromatic carbocycles. The van der Waals surface area contributed by atoms with Crippen LogP contribution in [0.3, 0.4) is 0 Å². The Labute approximate surface area is 106 Å². The zero-order valence-electron chi connectivity index (χ0n) is 9.48. The molecule has 2 nitrogen and oxygen atoms in total. The molecule has 0 amide bonds. The van der Waals surface area contributed by atoms with Gasteiger partial charge in [0.1, 0.15) is 19.7 Å². The molecule has 0 N–H and O–H groups in total. The maximum atomic E-state index is 12.2. The Bertz CT molecular complexity index is 491. The lowest BCUT2D eigenvalue weighted by Gasteiger charge is -2.18. The summed E-state index contributed by atoms with van der Waals surface area (Å²) < 4.78 is 24.4. The van der Waals surface area contributed by atoms with Crippen molar-refractivity contribution >= 4 is 19.7 Å². The highest BCUT2D eigenvalue weighted by Crippen LogP contribution is 2.22. The molecule has 0 saturated carbocycles. The second-order valence-corrected chi connectivity index (χ2v) is 7.80. The van der Waals surface area contributed by atoms with Crippen LogP contribution in [-0.4, -0.2) is 13.7 Å². The highest BCUT2D eigenvalue weighted by Gasteiger charge is 2.26. The summed E-state index contributed by atoms with van der Waals surface area (Å²) in [6.07, 6.45) is 7.67. The fraction of sp³-hybridized carbons (Fsp3) is 0.231.